The number of rotatable bonds is 3. The molecule has 0 aromatic carbocycles. The molecular formula is C11H21NO3S. The van der Waals surface area contributed by atoms with Crippen LogP contribution in [0.2, 0.25) is 0 Å². The number of thiol groups is 1. The molecule has 94 valence electrons. The lowest BCUT2D eigenvalue weighted by Crippen LogP contribution is -2.50. The number of hydrogen-bond donors (Lipinski definition) is 2. The quantitative estimate of drug-likeness (QED) is 0.750. The van der Waals surface area contributed by atoms with E-state index in [4.69, 9.17) is 9.47 Å². The van der Waals surface area contributed by atoms with Gasteiger partial charge in [0.15, 0.2) is 0 Å². The Kier molecular flexibility index (Phi) is 4.50. The summed E-state index contributed by atoms with van der Waals surface area (Å²) < 4.78 is 10.6. The fourth-order valence-electron chi connectivity index (χ4n) is 1.70. The van der Waals surface area contributed by atoms with Crippen molar-refractivity contribution in [1.82, 2.24) is 5.32 Å². The third-order valence-corrected chi connectivity index (χ3v) is 2.68. The topological polar surface area (TPSA) is 47.6 Å². The van der Waals surface area contributed by atoms with E-state index in [1.807, 2.05) is 20.8 Å². The molecule has 1 atom stereocenters. The minimum atomic E-state index is -0.467. The average Bonchev–Trinajstić information content (AvgIpc) is 2.49. The second kappa shape index (κ2) is 5.27. The van der Waals surface area contributed by atoms with Crippen LogP contribution in [0.25, 0.3) is 0 Å². The molecule has 0 aromatic rings. The third-order valence-electron chi connectivity index (χ3n) is 2.46. The van der Waals surface area contributed by atoms with Crippen LogP contribution in [-0.2, 0) is 9.47 Å². The molecule has 1 aliphatic rings. The van der Waals surface area contributed by atoms with E-state index in [0.717, 1.165) is 18.6 Å². The van der Waals surface area contributed by atoms with Gasteiger partial charge in [0.05, 0.1) is 12.1 Å². The maximum atomic E-state index is 11.7. The van der Waals surface area contributed by atoms with Crippen molar-refractivity contribution in [1.29, 1.82) is 0 Å². The molecule has 0 saturated carbocycles. The summed E-state index contributed by atoms with van der Waals surface area (Å²) in [5.74, 6) is 0.721. The Morgan fingerprint density at radius 3 is 2.69 bits per heavy atom. The lowest BCUT2D eigenvalue weighted by Gasteiger charge is -2.30. The van der Waals surface area contributed by atoms with Gasteiger partial charge in [-0.1, -0.05) is 0 Å². The first-order chi connectivity index (χ1) is 7.37. The Morgan fingerprint density at radius 2 is 2.25 bits per heavy atom. The molecule has 5 heteroatoms. The predicted molar refractivity (Wildman–Crippen MR) is 66.0 cm³/mol. The first-order valence-corrected chi connectivity index (χ1v) is 6.20. The van der Waals surface area contributed by atoms with Crippen LogP contribution in [0.5, 0.6) is 0 Å². The maximum Gasteiger partial charge on any atom is 0.408 e. The van der Waals surface area contributed by atoms with E-state index in [2.05, 4.69) is 17.9 Å². The van der Waals surface area contributed by atoms with Crippen LogP contribution in [0, 0.1) is 0 Å². The van der Waals surface area contributed by atoms with Crippen LogP contribution in [0.1, 0.15) is 33.6 Å². The van der Waals surface area contributed by atoms with Gasteiger partial charge in [0.1, 0.15) is 5.60 Å². The molecule has 1 unspecified atom stereocenters. The highest BCUT2D eigenvalue weighted by atomic mass is 32.1. The van der Waals surface area contributed by atoms with Gasteiger partial charge in [0, 0.05) is 6.61 Å². The zero-order valence-electron chi connectivity index (χ0n) is 10.2. The molecular weight excluding hydrogens is 226 g/mol. The lowest BCUT2D eigenvalue weighted by atomic mass is 9.95. The summed E-state index contributed by atoms with van der Waals surface area (Å²) in [6, 6.07) is 0. The molecule has 0 aromatic heterocycles. The van der Waals surface area contributed by atoms with Gasteiger partial charge in [-0.25, -0.2) is 4.79 Å². The number of ether oxygens (including phenoxy) is 2. The van der Waals surface area contributed by atoms with Crippen molar-refractivity contribution in [2.24, 2.45) is 0 Å². The summed E-state index contributed by atoms with van der Waals surface area (Å²) >= 11 is 4.21. The molecule has 0 aliphatic carbocycles. The number of nitrogens with one attached hydrogen (secondary N) is 1. The summed E-state index contributed by atoms with van der Waals surface area (Å²) in [6.07, 6.45) is 1.25. The number of carbonyl (C=O) groups is 1. The van der Waals surface area contributed by atoms with E-state index in [9.17, 15) is 4.79 Å². The molecule has 0 bridgehead atoms. The van der Waals surface area contributed by atoms with Crippen molar-refractivity contribution in [3.8, 4) is 0 Å². The van der Waals surface area contributed by atoms with Crippen molar-refractivity contribution >= 4 is 18.7 Å². The Morgan fingerprint density at radius 1 is 1.56 bits per heavy atom. The minimum absolute atomic E-state index is 0.288. The van der Waals surface area contributed by atoms with Gasteiger partial charge in [-0.2, -0.15) is 12.6 Å². The maximum absolute atomic E-state index is 11.7. The Labute approximate surface area is 102 Å². The van der Waals surface area contributed by atoms with E-state index < -0.39 is 5.60 Å². The van der Waals surface area contributed by atoms with E-state index >= 15 is 0 Å². The van der Waals surface area contributed by atoms with Crippen molar-refractivity contribution < 1.29 is 14.3 Å². The molecule has 1 amide bonds. The lowest BCUT2D eigenvalue weighted by molar-refractivity contribution is 0.0438. The number of hydrogen-bond acceptors (Lipinski definition) is 4. The van der Waals surface area contributed by atoms with Gasteiger partial charge < -0.3 is 14.8 Å². The molecule has 0 radical (unpaired) electrons. The van der Waals surface area contributed by atoms with Crippen LogP contribution in [-0.4, -0.2) is 36.2 Å². The number of amides is 1. The molecule has 0 spiro atoms. The molecule has 1 fully saturated rings. The van der Waals surface area contributed by atoms with Crippen LogP contribution < -0.4 is 5.32 Å². The van der Waals surface area contributed by atoms with Gasteiger partial charge in [-0.05, 0) is 39.4 Å². The highest BCUT2D eigenvalue weighted by Crippen LogP contribution is 2.23. The highest BCUT2D eigenvalue weighted by Gasteiger charge is 2.36. The molecule has 16 heavy (non-hydrogen) atoms. The summed E-state index contributed by atoms with van der Waals surface area (Å²) in [4.78, 5) is 11.7. The average molecular weight is 247 g/mol. The zero-order chi connectivity index (χ0) is 12.2. The monoisotopic (exact) mass is 247 g/mol. The summed E-state index contributed by atoms with van der Waals surface area (Å²) in [7, 11) is 0. The second-order valence-electron chi connectivity index (χ2n) is 5.18. The van der Waals surface area contributed by atoms with Gasteiger partial charge in [0.2, 0.25) is 0 Å². The molecule has 1 rings (SSSR count). The molecule has 1 N–H and O–H groups in total. The fraction of sp³-hybridized carbons (Fsp3) is 0.909. The van der Waals surface area contributed by atoms with E-state index in [1.165, 1.54) is 0 Å². The summed E-state index contributed by atoms with van der Waals surface area (Å²) in [5, 5.41) is 2.91. The smallest absolute Gasteiger partial charge is 0.408 e. The van der Waals surface area contributed by atoms with Crippen LogP contribution >= 0.6 is 12.6 Å². The predicted octanol–water partition coefficient (Wildman–Crippen LogP) is 1.99. The molecule has 1 heterocycles. The van der Waals surface area contributed by atoms with Crippen LogP contribution in [0.3, 0.4) is 0 Å². The van der Waals surface area contributed by atoms with Crippen molar-refractivity contribution in [3.63, 3.8) is 0 Å². The normalized spacial score (nSPS) is 25.5. The molecule has 1 saturated heterocycles. The molecule has 4 nitrogen and oxygen atoms in total. The van der Waals surface area contributed by atoms with Crippen molar-refractivity contribution in [2.75, 3.05) is 19.0 Å². The van der Waals surface area contributed by atoms with Gasteiger partial charge >= 0.3 is 6.09 Å². The Balaban J connectivity index is 2.52. The van der Waals surface area contributed by atoms with Crippen molar-refractivity contribution in [3.05, 3.63) is 0 Å². The Hall–Kier alpha value is -0.420. The Bertz CT molecular complexity index is 244. The fourth-order valence-corrected chi connectivity index (χ4v) is 2.13. The second-order valence-corrected chi connectivity index (χ2v) is 5.63. The van der Waals surface area contributed by atoms with Crippen LogP contribution in [0.4, 0.5) is 4.79 Å². The largest absolute Gasteiger partial charge is 0.444 e. The highest BCUT2D eigenvalue weighted by molar-refractivity contribution is 7.80. The SMILES string of the molecule is CC(C)(C)OC(=O)NC1(CCS)CCOC1. The third kappa shape index (κ3) is 4.22. The van der Waals surface area contributed by atoms with E-state index in [1.54, 1.807) is 0 Å². The van der Waals surface area contributed by atoms with Crippen LogP contribution in [0.15, 0.2) is 0 Å². The van der Waals surface area contributed by atoms with Crippen molar-refractivity contribution in [2.45, 2.75) is 44.8 Å². The molecule has 1 aliphatic heterocycles. The van der Waals surface area contributed by atoms with Gasteiger partial charge in [-0.15, -0.1) is 0 Å². The number of alkyl carbamates (subject to hydrolysis) is 1. The summed E-state index contributed by atoms with van der Waals surface area (Å²) in [5.41, 5.74) is -0.754. The number of carbonyl (C=O) groups excluding carboxylic acids is 1. The zero-order valence-corrected chi connectivity index (χ0v) is 11.1. The minimum Gasteiger partial charge on any atom is -0.444 e. The van der Waals surface area contributed by atoms with Gasteiger partial charge in [0.25, 0.3) is 0 Å². The van der Waals surface area contributed by atoms with E-state index in [0.29, 0.717) is 13.2 Å². The first-order valence-electron chi connectivity index (χ1n) is 5.57. The summed E-state index contributed by atoms with van der Waals surface area (Å²) in [6.45, 7) is 6.78. The standard InChI is InChI=1S/C11H21NO3S/c1-10(2,3)15-9(13)12-11(5-7-16)4-6-14-8-11/h16H,4-8H2,1-3H3,(H,12,13). The van der Waals surface area contributed by atoms with E-state index in [-0.39, 0.29) is 11.6 Å². The van der Waals surface area contributed by atoms with Gasteiger partial charge in [-0.3, -0.25) is 0 Å². The first kappa shape index (κ1) is 13.6.